The molecule has 0 aliphatic heterocycles. The highest BCUT2D eigenvalue weighted by Gasteiger charge is 2.24. The molecule has 0 saturated heterocycles. The Labute approximate surface area is 173 Å². The van der Waals surface area contributed by atoms with Crippen molar-refractivity contribution in [2.45, 2.75) is 19.4 Å². The van der Waals surface area contributed by atoms with E-state index in [1.807, 2.05) is 13.0 Å². The van der Waals surface area contributed by atoms with Gasteiger partial charge >= 0.3 is 0 Å². The molecule has 30 heavy (non-hydrogen) atoms. The molecule has 0 saturated carbocycles. The molecule has 0 spiro atoms. The molecule has 0 aliphatic rings. The Hall–Kier alpha value is -4.13. The van der Waals surface area contributed by atoms with Crippen molar-refractivity contribution < 1.29 is 14.3 Å². The number of likely N-dealkylation sites (N-methyl/N-ethyl adjacent to an activating group) is 1. The molecular formula is C20H21N7O3. The molecule has 3 N–H and O–H groups in total. The van der Waals surface area contributed by atoms with E-state index in [4.69, 9.17) is 10.5 Å². The van der Waals surface area contributed by atoms with Crippen LogP contribution in [0.15, 0.2) is 36.5 Å². The second-order valence-electron chi connectivity index (χ2n) is 6.54. The van der Waals surface area contributed by atoms with Crippen LogP contribution in [-0.4, -0.2) is 36.1 Å². The average Bonchev–Trinajstić information content (AvgIpc) is 2.73. The standard InChI is InChI=1S/C20H21N7O3/c1-4-15(17(22)28)26(2)20-24-18(14(11-21)19(25-20)30-3)23-13-7-8-16-12(10-13)6-5-9-27(16)29/h5-10,15H,4H2,1-3H3,(H2,22,28)(H,23,24,25)/t15-/m1/s1. The average molecular weight is 407 g/mol. The number of nitrogens with zero attached hydrogens (tertiary/aromatic N) is 5. The smallest absolute Gasteiger partial charge is 0.240 e. The molecule has 2 heterocycles. The van der Waals surface area contributed by atoms with E-state index in [0.717, 1.165) is 4.73 Å². The summed E-state index contributed by atoms with van der Waals surface area (Å²) >= 11 is 0. The number of amides is 1. The molecule has 1 atom stereocenters. The maximum Gasteiger partial charge on any atom is 0.240 e. The zero-order valence-corrected chi connectivity index (χ0v) is 16.8. The molecule has 0 unspecified atom stereocenters. The zero-order chi connectivity index (χ0) is 21.8. The Morgan fingerprint density at radius 1 is 1.43 bits per heavy atom. The molecule has 3 aromatic rings. The number of nitrogens with two attached hydrogens (primary N) is 1. The van der Waals surface area contributed by atoms with Gasteiger partial charge in [0.1, 0.15) is 12.1 Å². The molecule has 3 rings (SSSR count). The lowest BCUT2D eigenvalue weighted by Gasteiger charge is -2.25. The summed E-state index contributed by atoms with van der Waals surface area (Å²) in [5, 5.41) is 25.3. The van der Waals surface area contributed by atoms with Gasteiger partial charge in [0.15, 0.2) is 17.6 Å². The van der Waals surface area contributed by atoms with Crippen LogP contribution in [0.4, 0.5) is 17.5 Å². The normalized spacial score (nSPS) is 11.5. The van der Waals surface area contributed by atoms with Crippen LogP contribution in [0.3, 0.4) is 0 Å². The summed E-state index contributed by atoms with van der Waals surface area (Å²) in [4.78, 5) is 22.0. The van der Waals surface area contributed by atoms with Crippen molar-refractivity contribution in [3.8, 4) is 11.9 Å². The number of anilines is 3. The second kappa shape index (κ2) is 8.48. The summed E-state index contributed by atoms with van der Waals surface area (Å²) in [5.74, 6) is -0.0655. The van der Waals surface area contributed by atoms with Crippen molar-refractivity contribution in [1.29, 1.82) is 5.26 Å². The Morgan fingerprint density at radius 3 is 2.83 bits per heavy atom. The first-order valence-corrected chi connectivity index (χ1v) is 9.16. The van der Waals surface area contributed by atoms with Gasteiger partial charge in [-0.05, 0) is 24.6 Å². The van der Waals surface area contributed by atoms with Gasteiger partial charge in [-0.1, -0.05) is 6.92 Å². The van der Waals surface area contributed by atoms with Gasteiger partial charge < -0.3 is 25.9 Å². The number of nitrogens with one attached hydrogen (secondary N) is 1. The highest BCUT2D eigenvalue weighted by Crippen LogP contribution is 2.29. The molecule has 1 amide bonds. The van der Waals surface area contributed by atoms with E-state index in [1.165, 1.54) is 18.2 Å². The van der Waals surface area contributed by atoms with Gasteiger partial charge in [-0.2, -0.15) is 20.0 Å². The number of primary amides is 1. The van der Waals surface area contributed by atoms with Gasteiger partial charge in [-0.25, -0.2) is 0 Å². The van der Waals surface area contributed by atoms with E-state index < -0.39 is 11.9 Å². The topological polar surface area (TPSA) is 144 Å². The van der Waals surface area contributed by atoms with Crippen LogP contribution in [0.5, 0.6) is 5.88 Å². The van der Waals surface area contributed by atoms with Gasteiger partial charge in [0.25, 0.3) is 0 Å². The van der Waals surface area contributed by atoms with Gasteiger partial charge in [0.2, 0.25) is 23.3 Å². The van der Waals surface area contributed by atoms with Gasteiger partial charge in [-0.3, -0.25) is 4.79 Å². The number of nitriles is 1. The molecule has 0 radical (unpaired) electrons. The van der Waals surface area contributed by atoms with Crippen LogP contribution >= 0.6 is 0 Å². The summed E-state index contributed by atoms with van der Waals surface area (Å²) < 4.78 is 6.04. The summed E-state index contributed by atoms with van der Waals surface area (Å²) in [5.41, 5.74) is 6.70. The monoisotopic (exact) mass is 407 g/mol. The van der Waals surface area contributed by atoms with Crippen LogP contribution in [-0.2, 0) is 4.79 Å². The zero-order valence-electron chi connectivity index (χ0n) is 16.8. The molecule has 1 aromatic carbocycles. The summed E-state index contributed by atoms with van der Waals surface area (Å²) in [6, 6.07) is 10.0. The van der Waals surface area contributed by atoms with E-state index in [-0.39, 0.29) is 23.2 Å². The van der Waals surface area contributed by atoms with Crippen molar-refractivity contribution in [1.82, 2.24) is 9.97 Å². The maximum absolute atomic E-state index is 11.9. The number of pyridine rings is 1. The van der Waals surface area contributed by atoms with E-state index >= 15 is 0 Å². The largest absolute Gasteiger partial charge is 0.618 e. The van der Waals surface area contributed by atoms with E-state index in [1.54, 1.807) is 37.4 Å². The van der Waals surface area contributed by atoms with Crippen LogP contribution in [0.2, 0.25) is 0 Å². The fraction of sp³-hybridized carbons (Fsp3) is 0.250. The quantitative estimate of drug-likeness (QED) is 0.444. The molecular weight excluding hydrogens is 386 g/mol. The third kappa shape index (κ3) is 3.86. The second-order valence-corrected chi connectivity index (χ2v) is 6.54. The van der Waals surface area contributed by atoms with Crippen LogP contribution in [0, 0.1) is 16.5 Å². The maximum atomic E-state index is 11.9. The number of rotatable bonds is 7. The number of ether oxygens (including phenoxy) is 1. The number of carbonyl (C=O) groups is 1. The van der Waals surface area contributed by atoms with Crippen LogP contribution in [0.1, 0.15) is 18.9 Å². The molecule has 2 aromatic heterocycles. The lowest BCUT2D eigenvalue weighted by atomic mass is 10.2. The number of methoxy groups -OCH3 is 1. The highest BCUT2D eigenvalue weighted by atomic mass is 16.5. The number of carbonyl (C=O) groups excluding carboxylic acids is 1. The number of aromatic nitrogens is 3. The SMILES string of the molecule is CC[C@H](C(N)=O)N(C)c1nc(Nc2ccc3c(ccc[n+]3[O-])c2)c(C#N)c(OC)n1. The fourth-order valence-electron chi connectivity index (χ4n) is 3.14. The minimum Gasteiger partial charge on any atom is -0.618 e. The number of hydrogen-bond donors (Lipinski definition) is 2. The molecule has 0 aliphatic carbocycles. The lowest BCUT2D eigenvalue weighted by molar-refractivity contribution is -0.577. The van der Waals surface area contributed by atoms with Crippen molar-refractivity contribution >= 4 is 34.3 Å². The first-order chi connectivity index (χ1) is 14.4. The summed E-state index contributed by atoms with van der Waals surface area (Å²) in [6.45, 7) is 1.82. The molecule has 10 nitrogen and oxygen atoms in total. The molecule has 154 valence electrons. The molecule has 0 fully saturated rings. The van der Waals surface area contributed by atoms with E-state index in [2.05, 4.69) is 15.3 Å². The van der Waals surface area contributed by atoms with Crippen molar-refractivity contribution in [2.75, 3.05) is 24.4 Å². The summed E-state index contributed by atoms with van der Waals surface area (Å²) in [7, 11) is 3.04. The minimum absolute atomic E-state index is 0.0642. The Kier molecular flexibility index (Phi) is 5.83. The van der Waals surface area contributed by atoms with Gasteiger partial charge in [0.05, 0.1) is 7.11 Å². The Bertz CT molecular complexity index is 1140. The first kappa shape index (κ1) is 20.6. The predicted octanol–water partition coefficient (Wildman–Crippen LogP) is 1.59. The number of fused-ring (bicyclic) bond motifs is 1. The minimum atomic E-state index is -0.622. The van der Waals surface area contributed by atoms with Gasteiger partial charge in [-0.15, -0.1) is 0 Å². The molecule has 10 heteroatoms. The van der Waals surface area contributed by atoms with Crippen molar-refractivity contribution in [2.24, 2.45) is 5.73 Å². The predicted molar refractivity (Wildman–Crippen MR) is 111 cm³/mol. The molecule has 0 bridgehead atoms. The third-order valence-corrected chi connectivity index (χ3v) is 4.69. The van der Waals surface area contributed by atoms with E-state index in [0.29, 0.717) is 23.0 Å². The van der Waals surface area contributed by atoms with E-state index in [9.17, 15) is 15.3 Å². The highest BCUT2D eigenvalue weighted by molar-refractivity contribution is 5.83. The van der Waals surface area contributed by atoms with Crippen molar-refractivity contribution in [3.05, 3.63) is 47.3 Å². The van der Waals surface area contributed by atoms with Crippen molar-refractivity contribution in [3.63, 3.8) is 0 Å². The summed E-state index contributed by atoms with van der Waals surface area (Å²) in [6.07, 6.45) is 1.88. The van der Waals surface area contributed by atoms with Gasteiger partial charge in [0, 0.05) is 30.3 Å². The number of hydrogen-bond acceptors (Lipinski definition) is 8. The van der Waals surface area contributed by atoms with Crippen LogP contribution < -0.4 is 25.4 Å². The van der Waals surface area contributed by atoms with Crippen LogP contribution in [0.25, 0.3) is 10.9 Å². The fourth-order valence-corrected chi connectivity index (χ4v) is 3.14. The Balaban J connectivity index is 2.07. The lowest BCUT2D eigenvalue weighted by Crippen LogP contribution is -2.43. The Morgan fingerprint density at radius 2 is 2.20 bits per heavy atom. The third-order valence-electron chi connectivity index (χ3n) is 4.69. The number of benzene rings is 1. The first-order valence-electron chi connectivity index (χ1n) is 9.16.